The molecule has 1 aliphatic heterocycles. The third-order valence-electron chi connectivity index (χ3n) is 4.15. The normalized spacial score (nSPS) is 20.6. The van der Waals surface area contributed by atoms with Gasteiger partial charge >= 0.3 is 6.03 Å². The van der Waals surface area contributed by atoms with E-state index >= 15 is 0 Å². The van der Waals surface area contributed by atoms with Crippen LogP contribution in [0.4, 0.5) is 4.79 Å². The quantitative estimate of drug-likeness (QED) is 0.665. The number of nitrogens with one attached hydrogen (secondary N) is 1. The fourth-order valence-electron chi connectivity index (χ4n) is 2.55. The Morgan fingerprint density at radius 1 is 1.50 bits per heavy atom. The molecule has 0 saturated heterocycles. The van der Waals surface area contributed by atoms with E-state index in [1.54, 1.807) is 18.2 Å². The Hall–Kier alpha value is -1.30. The van der Waals surface area contributed by atoms with Crippen LogP contribution in [0.15, 0.2) is 41.5 Å². The van der Waals surface area contributed by atoms with Crippen LogP contribution in [0.2, 0.25) is 5.02 Å². The number of rotatable bonds is 7. The molecule has 0 radical (unpaired) electrons. The molecule has 24 heavy (non-hydrogen) atoms. The van der Waals surface area contributed by atoms with Gasteiger partial charge in [0.1, 0.15) is 0 Å². The smallest absolute Gasteiger partial charge is 0.322 e. The van der Waals surface area contributed by atoms with Crippen molar-refractivity contribution in [1.29, 1.82) is 0 Å². The third-order valence-corrected chi connectivity index (χ3v) is 5.50. The van der Waals surface area contributed by atoms with Crippen LogP contribution in [0, 0.1) is 0 Å². The lowest BCUT2D eigenvalue weighted by Gasteiger charge is -2.38. The van der Waals surface area contributed by atoms with Gasteiger partial charge in [-0.25, -0.2) is 4.79 Å². The second kappa shape index (κ2) is 8.19. The zero-order valence-electron chi connectivity index (χ0n) is 13.9. The lowest BCUT2D eigenvalue weighted by molar-refractivity contribution is 0.158. The minimum atomic E-state index is -0.652. The molecule has 0 aliphatic carbocycles. The van der Waals surface area contributed by atoms with Gasteiger partial charge in [-0.15, -0.1) is 6.58 Å². The number of hydrogen-bond acceptors (Lipinski definition) is 2. The number of benzene rings is 1. The van der Waals surface area contributed by atoms with E-state index in [1.165, 1.54) is 0 Å². The van der Waals surface area contributed by atoms with Gasteiger partial charge < -0.3 is 10.1 Å². The molecule has 0 bridgehead atoms. The average Bonchev–Trinajstić information content (AvgIpc) is 2.55. The predicted octanol–water partition coefficient (Wildman–Crippen LogP) is 4.58. The van der Waals surface area contributed by atoms with Gasteiger partial charge in [0.15, 0.2) is 0 Å². The monoisotopic (exact) mass is 412 g/mol. The molecule has 130 valence electrons. The van der Waals surface area contributed by atoms with Gasteiger partial charge in [0.25, 0.3) is 0 Å². The molecule has 1 aromatic carbocycles. The first-order valence-electron chi connectivity index (χ1n) is 7.77. The fraction of sp³-hybridized carbons (Fsp3) is 0.389. The van der Waals surface area contributed by atoms with Crippen molar-refractivity contribution in [1.82, 2.24) is 10.2 Å². The summed E-state index contributed by atoms with van der Waals surface area (Å²) in [5.41, 5.74) is 1.35. The molecule has 2 amide bonds. The van der Waals surface area contributed by atoms with Crippen molar-refractivity contribution in [3.63, 3.8) is 0 Å². The van der Waals surface area contributed by atoms with Crippen molar-refractivity contribution in [2.24, 2.45) is 0 Å². The van der Waals surface area contributed by atoms with E-state index in [4.69, 9.17) is 16.3 Å². The predicted molar refractivity (Wildman–Crippen MR) is 101 cm³/mol. The number of urea groups is 1. The summed E-state index contributed by atoms with van der Waals surface area (Å²) < 4.78 is 5.90. The highest BCUT2D eigenvalue weighted by Crippen LogP contribution is 2.37. The number of halogens is 2. The molecule has 1 aliphatic rings. The number of hydrogen-bond donors (Lipinski definition) is 1. The summed E-state index contributed by atoms with van der Waals surface area (Å²) >= 11 is 10.0. The molecule has 0 aromatic heterocycles. The number of nitrogens with zero attached hydrogens (tertiary/aromatic N) is 1. The first-order chi connectivity index (χ1) is 11.4. The summed E-state index contributed by atoms with van der Waals surface area (Å²) in [5.74, 6) is 0. The standard InChI is InChI=1S/C18H22BrClN2O2/c1-4-5-6-13-7-8-14(11-15(13)20)18(2)16(19)12-22(9-10-24-3)17(23)21-18/h4,7-8,11-12H,1,5-6,9-10H2,2-3H3,(H,21,23)/t18-/m0/s1. The van der Waals surface area contributed by atoms with Crippen molar-refractivity contribution in [3.05, 3.63) is 57.7 Å². The first-order valence-corrected chi connectivity index (χ1v) is 8.94. The first kappa shape index (κ1) is 19.0. The van der Waals surface area contributed by atoms with Crippen molar-refractivity contribution in [2.75, 3.05) is 20.3 Å². The lowest BCUT2D eigenvalue weighted by Crippen LogP contribution is -2.53. The van der Waals surface area contributed by atoms with Crippen molar-refractivity contribution in [3.8, 4) is 0 Å². The number of carbonyl (C=O) groups is 1. The van der Waals surface area contributed by atoms with E-state index in [0.29, 0.717) is 18.2 Å². The molecule has 1 aromatic rings. The summed E-state index contributed by atoms with van der Waals surface area (Å²) in [6.45, 7) is 6.66. The Balaban J connectivity index is 2.28. The maximum absolute atomic E-state index is 12.4. The molecular weight excluding hydrogens is 392 g/mol. The van der Waals surface area contributed by atoms with Crippen LogP contribution in [0.1, 0.15) is 24.5 Å². The Kier molecular flexibility index (Phi) is 6.49. The zero-order valence-corrected chi connectivity index (χ0v) is 16.3. The van der Waals surface area contributed by atoms with E-state index in [0.717, 1.165) is 28.5 Å². The number of allylic oxidation sites excluding steroid dienone is 1. The lowest BCUT2D eigenvalue weighted by atomic mass is 9.89. The molecular formula is C18H22BrClN2O2. The highest BCUT2D eigenvalue weighted by molar-refractivity contribution is 9.11. The number of amides is 2. The molecule has 2 rings (SSSR count). The van der Waals surface area contributed by atoms with Crippen LogP contribution in [-0.2, 0) is 16.7 Å². The van der Waals surface area contributed by atoms with Gasteiger partial charge in [-0.2, -0.15) is 0 Å². The van der Waals surface area contributed by atoms with Crippen LogP contribution >= 0.6 is 27.5 Å². The Morgan fingerprint density at radius 2 is 2.25 bits per heavy atom. The van der Waals surface area contributed by atoms with Gasteiger partial charge in [0.05, 0.1) is 18.7 Å². The van der Waals surface area contributed by atoms with Crippen molar-refractivity contribution in [2.45, 2.75) is 25.3 Å². The summed E-state index contributed by atoms with van der Waals surface area (Å²) in [7, 11) is 1.61. The third kappa shape index (κ3) is 4.02. The maximum Gasteiger partial charge on any atom is 0.322 e. The van der Waals surface area contributed by atoms with Gasteiger partial charge in [0.2, 0.25) is 0 Å². The second-order valence-corrected chi connectivity index (χ2v) is 7.11. The van der Waals surface area contributed by atoms with Crippen LogP contribution in [0.5, 0.6) is 0 Å². The van der Waals surface area contributed by atoms with Crippen LogP contribution < -0.4 is 5.32 Å². The number of aryl methyl sites for hydroxylation is 1. The van der Waals surface area contributed by atoms with Gasteiger partial charge in [-0.1, -0.05) is 45.7 Å². The number of methoxy groups -OCH3 is 1. The fourth-order valence-corrected chi connectivity index (χ4v) is 3.40. The van der Waals surface area contributed by atoms with Gasteiger partial charge in [-0.3, -0.25) is 4.90 Å². The summed E-state index contributed by atoms with van der Waals surface area (Å²) in [6.07, 6.45) is 5.41. The molecule has 0 spiro atoms. The molecule has 1 atom stereocenters. The summed E-state index contributed by atoms with van der Waals surface area (Å²) in [4.78, 5) is 14.0. The number of carbonyl (C=O) groups excluding carboxylic acids is 1. The number of ether oxygens (including phenoxy) is 1. The minimum absolute atomic E-state index is 0.162. The Bertz CT molecular complexity index is 662. The van der Waals surface area contributed by atoms with E-state index < -0.39 is 5.54 Å². The highest BCUT2D eigenvalue weighted by atomic mass is 79.9. The van der Waals surface area contributed by atoms with Crippen molar-refractivity contribution >= 4 is 33.6 Å². The highest BCUT2D eigenvalue weighted by Gasteiger charge is 2.37. The molecule has 1 heterocycles. The van der Waals surface area contributed by atoms with Crippen LogP contribution in [0.25, 0.3) is 0 Å². The molecule has 4 nitrogen and oxygen atoms in total. The van der Waals surface area contributed by atoms with E-state index in [-0.39, 0.29) is 6.03 Å². The average molecular weight is 414 g/mol. The Morgan fingerprint density at radius 3 is 2.88 bits per heavy atom. The van der Waals surface area contributed by atoms with E-state index in [1.807, 2.05) is 31.2 Å². The minimum Gasteiger partial charge on any atom is -0.383 e. The van der Waals surface area contributed by atoms with Gasteiger partial charge in [0, 0.05) is 22.8 Å². The Labute approximate surface area is 156 Å². The maximum atomic E-state index is 12.4. The summed E-state index contributed by atoms with van der Waals surface area (Å²) in [5, 5.41) is 3.75. The molecule has 0 unspecified atom stereocenters. The van der Waals surface area contributed by atoms with Gasteiger partial charge in [-0.05, 0) is 37.0 Å². The molecule has 0 saturated carbocycles. The zero-order chi connectivity index (χ0) is 17.7. The largest absolute Gasteiger partial charge is 0.383 e. The summed E-state index contributed by atoms with van der Waals surface area (Å²) in [6, 6.07) is 5.77. The molecule has 6 heteroatoms. The van der Waals surface area contributed by atoms with Crippen molar-refractivity contribution < 1.29 is 9.53 Å². The molecule has 1 N–H and O–H groups in total. The SMILES string of the molecule is C=CCCc1ccc([C@]2(C)NC(=O)N(CCOC)C=C2Br)cc1Cl. The topological polar surface area (TPSA) is 41.6 Å². The molecule has 0 fully saturated rings. The second-order valence-electron chi connectivity index (χ2n) is 5.85. The van der Waals surface area contributed by atoms with E-state index in [2.05, 4.69) is 27.8 Å². The van der Waals surface area contributed by atoms with E-state index in [9.17, 15) is 4.79 Å². The van der Waals surface area contributed by atoms with Crippen LogP contribution in [-0.4, -0.2) is 31.2 Å². The van der Waals surface area contributed by atoms with Crippen LogP contribution in [0.3, 0.4) is 0 Å².